The second-order valence-corrected chi connectivity index (χ2v) is 3.35. The van der Waals surface area contributed by atoms with Crippen LogP contribution in [0.3, 0.4) is 0 Å². The highest BCUT2D eigenvalue weighted by Gasteiger charge is 1.94. The summed E-state index contributed by atoms with van der Waals surface area (Å²) in [7, 11) is 0. The van der Waals surface area contributed by atoms with Gasteiger partial charge in [-0.15, -0.1) is 0 Å². The molecule has 1 aromatic rings. The molecule has 0 heterocycles. The maximum absolute atomic E-state index is 5.47. The van der Waals surface area contributed by atoms with Crippen LogP contribution in [0.25, 0.3) is 0 Å². The normalized spacial score (nSPS) is 9.85. The Hall–Kier alpha value is -0.860. The first-order valence-corrected chi connectivity index (χ1v) is 4.35. The molecule has 0 aromatic heterocycles. The van der Waals surface area contributed by atoms with Crippen LogP contribution in [0.4, 0.5) is 0 Å². The smallest absolute Gasteiger partial charge is 0.0720 e. The van der Waals surface area contributed by atoms with E-state index in [-0.39, 0.29) is 6.15 Å². The quantitative estimate of drug-likeness (QED) is 0.778. The van der Waals surface area contributed by atoms with Gasteiger partial charge >= 0.3 is 0 Å². The van der Waals surface area contributed by atoms with Crippen LogP contribution in [0.15, 0.2) is 24.3 Å². The monoisotopic (exact) mass is 181 g/mol. The topological polar surface area (TPSA) is 44.2 Å². The standard InChI is InChI=1S/C11H16O.H3N/c1-9(2)12-8-11-6-4-10(3)5-7-11;/h4-7,9H,8H2,1-3H3;1H3. The molecule has 2 heteroatoms. The molecule has 0 amide bonds. The molecule has 0 bridgehead atoms. The SMILES string of the molecule is Cc1ccc(COC(C)C)cc1.N. The minimum Gasteiger partial charge on any atom is -0.374 e. The minimum absolute atomic E-state index is 0. The lowest BCUT2D eigenvalue weighted by Crippen LogP contribution is -2.01. The van der Waals surface area contributed by atoms with Crippen LogP contribution in [-0.4, -0.2) is 6.10 Å². The van der Waals surface area contributed by atoms with Gasteiger partial charge in [0, 0.05) is 0 Å². The van der Waals surface area contributed by atoms with Gasteiger partial charge in [-0.2, -0.15) is 0 Å². The molecule has 0 unspecified atom stereocenters. The Balaban J connectivity index is 0.00000144. The van der Waals surface area contributed by atoms with Crippen molar-refractivity contribution in [3.05, 3.63) is 35.4 Å². The molecule has 0 fully saturated rings. The van der Waals surface area contributed by atoms with E-state index in [0.29, 0.717) is 6.10 Å². The first kappa shape index (κ1) is 12.1. The zero-order chi connectivity index (χ0) is 8.97. The van der Waals surface area contributed by atoms with Gasteiger partial charge in [0.2, 0.25) is 0 Å². The van der Waals surface area contributed by atoms with Gasteiger partial charge in [-0.05, 0) is 26.3 Å². The highest BCUT2D eigenvalue weighted by atomic mass is 16.5. The van der Waals surface area contributed by atoms with Crippen molar-refractivity contribution >= 4 is 0 Å². The molecule has 3 N–H and O–H groups in total. The Morgan fingerprint density at radius 3 is 2.15 bits per heavy atom. The van der Waals surface area contributed by atoms with Gasteiger partial charge < -0.3 is 10.9 Å². The molecular formula is C11H19NO. The van der Waals surface area contributed by atoms with Crippen molar-refractivity contribution in [2.75, 3.05) is 0 Å². The number of benzene rings is 1. The lowest BCUT2D eigenvalue weighted by Gasteiger charge is -2.07. The zero-order valence-electron chi connectivity index (χ0n) is 8.71. The summed E-state index contributed by atoms with van der Waals surface area (Å²) in [5.41, 5.74) is 2.54. The number of aryl methyl sites for hydroxylation is 1. The van der Waals surface area contributed by atoms with Crippen LogP contribution in [0.2, 0.25) is 0 Å². The average Bonchev–Trinajstić information content (AvgIpc) is 2.03. The van der Waals surface area contributed by atoms with E-state index in [2.05, 4.69) is 31.2 Å². The third-order valence-corrected chi connectivity index (χ3v) is 1.70. The van der Waals surface area contributed by atoms with E-state index >= 15 is 0 Å². The second-order valence-electron chi connectivity index (χ2n) is 3.35. The predicted octanol–water partition coefficient (Wildman–Crippen LogP) is 3.08. The largest absolute Gasteiger partial charge is 0.374 e. The molecule has 1 rings (SSSR count). The van der Waals surface area contributed by atoms with Crippen molar-refractivity contribution in [2.45, 2.75) is 33.5 Å². The van der Waals surface area contributed by atoms with Gasteiger partial charge in [0.05, 0.1) is 12.7 Å². The molecule has 0 aliphatic carbocycles. The summed E-state index contributed by atoms with van der Waals surface area (Å²) in [4.78, 5) is 0. The van der Waals surface area contributed by atoms with Gasteiger partial charge in [-0.1, -0.05) is 29.8 Å². The molecule has 0 saturated heterocycles. The van der Waals surface area contributed by atoms with Crippen LogP contribution in [0.1, 0.15) is 25.0 Å². The van der Waals surface area contributed by atoms with Crippen molar-refractivity contribution in [1.29, 1.82) is 0 Å². The first-order chi connectivity index (χ1) is 5.68. The number of rotatable bonds is 3. The zero-order valence-corrected chi connectivity index (χ0v) is 8.71. The predicted molar refractivity (Wildman–Crippen MR) is 56.1 cm³/mol. The molecule has 13 heavy (non-hydrogen) atoms. The van der Waals surface area contributed by atoms with Crippen LogP contribution in [-0.2, 0) is 11.3 Å². The summed E-state index contributed by atoms with van der Waals surface area (Å²) < 4.78 is 5.47. The van der Waals surface area contributed by atoms with Crippen LogP contribution in [0, 0.1) is 6.92 Å². The van der Waals surface area contributed by atoms with E-state index in [1.165, 1.54) is 11.1 Å². The van der Waals surface area contributed by atoms with Crippen molar-refractivity contribution in [3.8, 4) is 0 Å². The lowest BCUT2D eigenvalue weighted by atomic mass is 10.2. The van der Waals surface area contributed by atoms with Gasteiger partial charge in [0.15, 0.2) is 0 Å². The van der Waals surface area contributed by atoms with Crippen molar-refractivity contribution in [1.82, 2.24) is 6.15 Å². The first-order valence-electron chi connectivity index (χ1n) is 4.35. The third kappa shape index (κ3) is 4.65. The molecule has 2 nitrogen and oxygen atoms in total. The molecule has 0 saturated carbocycles. The summed E-state index contributed by atoms with van der Waals surface area (Å²) >= 11 is 0. The summed E-state index contributed by atoms with van der Waals surface area (Å²) in [5, 5.41) is 0. The second kappa shape index (κ2) is 5.73. The fraction of sp³-hybridized carbons (Fsp3) is 0.455. The molecule has 0 aliphatic heterocycles. The Morgan fingerprint density at radius 1 is 1.15 bits per heavy atom. The van der Waals surface area contributed by atoms with Crippen LogP contribution >= 0.6 is 0 Å². The molecule has 0 aliphatic rings. The Morgan fingerprint density at radius 2 is 1.69 bits per heavy atom. The van der Waals surface area contributed by atoms with Crippen molar-refractivity contribution in [2.24, 2.45) is 0 Å². The summed E-state index contributed by atoms with van der Waals surface area (Å²) in [6, 6.07) is 8.44. The van der Waals surface area contributed by atoms with Crippen molar-refractivity contribution in [3.63, 3.8) is 0 Å². The molecular weight excluding hydrogens is 162 g/mol. The highest BCUT2D eigenvalue weighted by molar-refractivity contribution is 5.20. The number of hydrogen-bond donors (Lipinski definition) is 1. The van der Waals surface area contributed by atoms with Crippen LogP contribution in [0.5, 0.6) is 0 Å². The summed E-state index contributed by atoms with van der Waals surface area (Å²) in [6.07, 6.45) is 0.311. The Kier molecular flexibility index (Phi) is 5.35. The fourth-order valence-electron chi connectivity index (χ4n) is 0.947. The fourth-order valence-corrected chi connectivity index (χ4v) is 0.947. The van der Waals surface area contributed by atoms with E-state index in [1.54, 1.807) is 0 Å². The molecule has 1 aromatic carbocycles. The van der Waals surface area contributed by atoms with E-state index in [4.69, 9.17) is 4.74 Å². The van der Waals surface area contributed by atoms with E-state index in [1.807, 2.05) is 13.8 Å². The Labute approximate surface area is 80.5 Å². The average molecular weight is 181 g/mol. The maximum Gasteiger partial charge on any atom is 0.0720 e. The lowest BCUT2D eigenvalue weighted by molar-refractivity contribution is 0.0657. The van der Waals surface area contributed by atoms with Crippen molar-refractivity contribution < 1.29 is 4.74 Å². The number of ether oxygens (including phenoxy) is 1. The third-order valence-electron chi connectivity index (χ3n) is 1.70. The van der Waals surface area contributed by atoms with Gasteiger partial charge in [0.25, 0.3) is 0 Å². The van der Waals surface area contributed by atoms with E-state index < -0.39 is 0 Å². The molecule has 0 spiro atoms. The molecule has 0 atom stereocenters. The minimum atomic E-state index is 0. The van der Waals surface area contributed by atoms with Gasteiger partial charge in [0.1, 0.15) is 0 Å². The van der Waals surface area contributed by atoms with Crippen LogP contribution < -0.4 is 6.15 Å². The molecule has 0 radical (unpaired) electrons. The van der Waals surface area contributed by atoms with Gasteiger partial charge in [-0.3, -0.25) is 0 Å². The number of hydrogen-bond acceptors (Lipinski definition) is 2. The Bertz CT molecular complexity index is 228. The summed E-state index contributed by atoms with van der Waals surface area (Å²) in [6.45, 7) is 6.91. The maximum atomic E-state index is 5.47. The van der Waals surface area contributed by atoms with Gasteiger partial charge in [-0.25, -0.2) is 0 Å². The van der Waals surface area contributed by atoms with E-state index in [0.717, 1.165) is 6.61 Å². The molecule has 74 valence electrons. The summed E-state index contributed by atoms with van der Waals surface area (Å²) in [5.74, 6) is 0. The van der Waals surface area contributed by atoms with E-state index in [9.17, 15) is 0 Å². The highest BCUT2D eigenvalue weighted by Crippen LogP contribution is 2.05.